The Labute approximate surface area is 128 Å². The fourth-order valence-electron chi connectivity index (χ4n) is 2.96. The second-order valence-corrected chi connectivity index (χ2v) is 6.32. The van der Waals surface area contributed by atoms with E-state index in [4.69, 9.17) is 0 Å². The first kappa shape index (κ1) is 14.3. The van der Waals surface area contributed by atoms with Gasteiger partial charge in [-0.3, -0.25) is 14.8 Å². The Morgan fingerprint density at radius 1 is 1.57 bits per heavy atom. The normalized spacial score (nSPS) is 19.0. The second kappa shape index (κ2) is 5.99. The van der Waals surface area contributed by atoms with Crippen LogP contribution in [-0.4, -0.2) is 34.1 Å². The minimum Gasteiger partial charge on any atom is -0.322 e. The van der Waals surface area contributed by atoms with Crippen molar-refractivity contribution < 1.29 is 4.79 Å². The number of nitrogens with one attached hydrogen (secondary N) is 2. The zero-order valence-electron chi connectivity index (χ0n) is 12.3. The Hall–Kier alpha value is -1.66. The number of nitrogens with zero attached hydrogens (tertiary/aromatic N) is 2. The number of carbonyl (C=O) groups is 1. The summed E-state index contributed by atoms with van der Waals surface area (Å²) in [6.45, 7) is 5.23. The summed E-state index contributed by atoms with van der Waals surface area (Å²) < 4.78 is 0. The van der Waals surface area contributed by atoms with Crippen LogP contribution < -0.4 is 5.32 Å². The monoisotopic (exact) mass is 304 g/mol. The number of amides is 1. The van der Waals surface area contributed by atoms with Gasteiger partial charge in [0.2, 0.25) is 5.91 Å². The largest absolute Gasteiger partial charge is 0.322 e. The number of carbonyl (C=O) groups excluding carboxylic acids is 1. The van der Waals surface area contributed by atoms with Crippen molar-refractivity contribution in [2.75, 3.05) is 18.4 Å². The first-order valence-corrected chi connectivity index (χ1v) is 8.17. The summed E-state index contributed by atoms with van der Waals surface area (Å²) in [7, 11) is 0. The highest BCUT2D eigenvalue weighted by molar-refractivity contribution is 7.07. The van der Waals surface area contributed by atoms with E-state index < -0.39 is 0 Å². The fourth-order valence-corrected chi connectivity index (χ4v) is 3.66. The lowest BCUT2D eigenvalue weighted by atomic mass is 10.1. The van der Waals surface area contributed by atoms with Crippen LogP contribution in [0.4, 0.5) is 5.69 Å². The number of aromatic amines is 1. The van der Waals surface area contributed by atoms with Gasteiger partial charge in [0.05, 0.1) is 23.6 Å². The zero-order chi connectivity index (χ0) is 14.8. The molecule has 1 fully saturated rings. The molecule has 1 amide bonds. The Morgan fingerprint density at radius 2 is 2.43 bits per heavy atom. The molecule has 0 spiro atoms. The molecule has 0 radical (unpaired) electrons. The number of aromatic nitrogens is 2. The molecule has 112 valence electrons. The predicted octanol–water partition coefficient (Wildman–Crippen LogP) is 2.86. The van der Waals surface area contributed by atoms with Crippen LogP contribution in [0.3, 0.4) is 0 Å². The molecule has 0 aromatic carbocycles. The van der Waals surface area contributed by atoms with Gasteiger partial charge in [-0.15, -0.1) is 0 Å². The lowest BCUT2D eigenvalue weighted by Crippen LogP contribution is -2.33. The number of anilines is 1. The number of rotatable bonds is 4. The van der Waals surface area contributed by atoms with Crippen LogP contribution in [0.2, 0.25) is 0 Å². The highest BCUT2D eigenvalue weighted by atomic mass is 32.1. The number of aryl methyl sites for hydroxylation is 2. The average molecular weight is 304 g/mol. The molecule has 1 unspecified atom stereocenters. The van der Waals surface area contributed by atoms with Gasteiger partial charge < -0.3 is 5.32 Å². The van der Waals surface area contributed by atoms with E-state index in [2.05, 4.69) is 37.2 Å². The molecule has 2 aromatic heterocycles. The summed E-state index contributed by atoms with van der Waals surface area (Å²) in [5, 5.41) is 14.3. The molecule has 1 atom stereocenters. The van der Waals surface area contributed by atoms with Gasteiger partial charge in [0.25, 0.3) is 0 Å². The minimum absolute atomic E-state index is 0.0322. The quantitative estimate of drug-likeness (QED) is 0.913. The first-order valence-electron chi connectivity index (χ1n) is 7.22. The Balaban J connectivity index is 1.64. The van der Waals surface area contributed by atoms with Gasteiger partial charge >= 0.3 is 0 Å². The standard InChI is InChI=1S/C15H20N4OS/c1-10-15(11(2)18-17-10)16-14(20)8-19-6-3-4-13(19)12-5-7-21-9-12/h5,7,9,13H,3-4,6,8H2,1-2H3,(H,16,20)(H,17,18). The molecular formula is C15H20N4OS. The summed E-state index contributed by atoms with van der Waals surface area (Å²) in [6, 6.07) is 2.55. The SMILES string of the molecule is Cc1n[nH]c(C)c1NC(=O)CN1CCCC1c1ccsc1. The van der Waals surface area contributed by atoms with Crippen molar-refractivity contribution >= 4 is 22.9 Å². The molecule has 6 heteroatoms. The van der Waals surface area contributed by atoms with Gasteiger partial charge in [-0.2, -0.15) is 16.4 Å². The first-order chi connectivity index (χ1) is 10.1. The van der Waals surface area contributed by atoms with Gasteiger partial charge in [0.15, 0.2) is 0 Å². The van der Waals surface area contributed by atoms with E-state index in [9.17, 15) is 4.79 Å². The summed E-state index contributed by atoms with van der Waals surface area (Å²) in [5.41, 5.74) is 3.88. The second-order valence-electron chi connectivity index (χ2n) is 5.54. The lowest BCUT2D eigenvalue weighted by Gasteiger charge is -2.23. The Kier molecular flexibility index (Phi) is 4.07. The van der Waals surface area contributed by atoms with Gasteiger partial charge in [0, 0.05) is 6.04 Å². The van der Waals surface area contributed by atoms with Crippen LogP contribution in [0.15, 0.2) is 16.8 Å². The maximum absolute atomic E-state index is 12.3. The van der Waals surface area contributed by atoms with E-state index in [1.165, 1.54) is 5.56 Å². The molecule has 3 heterocycles. The third-order valence-corrected chi connectivity index (χ3v) is 4.73. The molecule has 5 nitrogen and oxygen atoms in total. The molecule has 2 N–H and O–H groups in total. The molecule has 0 bridgehead atoms. The number of thiophene rings is 1. The van der Waals surface area contributed by atoms with E-state index in [1.54, 1.807) is 11.3 Å². The smallest absolute Gasteiger partial charge is 0.238 e. The number of hydrogen-bond acceptors (Lipinski definition) is 4. The third kappa shape index (κ3) is 3.01. The maximum Gasteiger partial charge on any atom is 0.238 e. The molecule has 21 heavy (non-hydrogen) atoms. The lowest BCUT2D eigenvalue weighted by molar-refractivity contribution is -0.117. The molecule has 3 rings (SSSR count). The maximum atomic E-state index is 12.3. The molecule has 0 aliphatic carbocycles. The molecule has 2 aromatic rings. The molecular weight excluding hydrogens is 284 g/mol. The van der Waals surface area contributed by atoms with Gasteiger partial charge in [0.1, 0.15) is 0 Å². The summed E-state index contributed by atoms with van der Waals surface area (Å²) >= 11 is 1.72. The molecule has 1 aliphatic rings. The van der Waals surface area contributed by atoms with Crippen LogP contribution in [0.1, 0.15) is 35.8 Å². The van der Waals surface area contributed by atoms with E-state index in [0.29, 0.717) is 12.6 Å². The van der Waals surface area contributed by atoms with Crippen LogP contribution >= 0.6 is 11.3 Å². The van der Waals surface area contributed by atoms with Crippen LogP contribution in [0, 0.1) is 13.8 Å². The van der Waals surface area contributed by atoms with Crippen molar-refractivity contribution in [2.24, 2.45) is 0 Å². The number of hydrogen-bond donors (Lipinski definition) is 2. The third-order valence-electron chi connectivity index (χ3n) is 4.03. The number of likely N-dealkylation sites (tertiary alicyclic amines) is 1. The molecule has 0 saturated carbocycles. The van der Waals surface area contributed by atoms with Crippen LogP contribution in [-0.2, 0) is 4.79 Å². The van der Waals surface area contributed by atoms with Crippen molar-refractivity contribution in [3.8, 4) is 0 Å². The Bertz CT molecular complexity index is 600. The van der Waals surface area contributed by atoms with E-state index >= 15 is 0 Å². The summed E-state index contributed by atoms with van der Waals surface area (Å²) in [5.74, 6) is 0.0322. The zero-order valence-corrected chi connectivity index (χ0v) is 13.2. The summed E-state index contributed by atoms with van der Waals surface area (Å²) in [6.07, 6.45) is 2.28. The van der Waals surface area contributed by atoms with Crippen molar-refractivity contribution in [1.29, 1.82) is 0 Å². The van der Waals surface area contributed by atoms with Gasteiger partial charge in [-0.05, 0) is 55.6 Å². The molecule has 1 saturated heterocycles. The molecule has 1 aliphatic heterocycles. The number of H-pyrrole nitrogens is 1. The van der Waals surface area contributed by atoms with E-state index in [0.717, 1.165) is 36.5 Å². The minimum atomic E-state index is 0.0322. The highest BCUT2D eigenvalue weighted by Crippen LogP contribution is 2.32. The van der Waals surface area contributed by atoms with Gasteiger partial charge in [-0.1, -0.05) is 0 Å². The highest BCUT2D eigenvalue weighted by Gasteiger charge is 2.28. The Morgan fingerprint density at radius 3 is 3.10 bits per heavy atom. The van der Waals surface area contributed by atoms with Crippen LogP contribution in [0.5, 0.6) is 0 Å². The van der Waals surface area contributed by atoms with Crippen molar-refractivity contribution in [3.63, 3.8) is 0 Å². The van der Waals surface area contributed by atoms with Gasteiger partial charge in [-0.25, -0.2) is 0 Å². The van der Waals surface area contributed by atoms with Crippen molar-refractivity contribution in [3.05, 3.63) is 33.8 Å². The van der Waals surface area contributed by atoms with Crippen molar-refractivity contribution in [1.82, 2.24) is 15.1 Å². The van der Waals surface area contributed by atoms with E-state index in [-0.39, 0.29) is 5.91 Å². The van der Waals surface area contributed by atoms with E-state index in [1.807, 2.05) is 13.8 Å². The van der Waals surface area contributed by atoms with Crippen molar-refractivity contribution in [2.45, 2.75) is 32.7 Å². The fraction of sp³-hybridized carbons (Fsp3) is 0.467. The average Bonchev–Trinajstić information content (AvgIpc) is 3.16. The predicted molar refractivity (Wildman–Crippen MR) is 84.6 cm³/mol. The topological polar surface area (TPSA) is 61.0 Å². The van der Waals surface area contributed by atoms with Crippen LogP contribution in [0.25, 0.3) is 0 Å². The summed E-state index contributed by atoms with van der Waals surface area (Å²) in [4.78, 5) is 14.6.